The molecule has 0 bridgehead atoms. The lowest BCUT2D eigenvalue weighted by Gasteiger charge is -2.18. The summed E-state index contributed by atoms with van der Waals surface area (Å²) >= 11 is 7.59. The highest BCUT2D eigenvalue weighted by Crippen LogP contribution is 2.21. The predicted octanol–water partition coefficient (Wildman–Crippen LogP) is 2.29. The highest BCUT2D eigenvalue weighted by molar-refractivity contribution is 7.98. The van der Waals surface area contributed by atoms with Crippen LogP contribution >= 0.6 is 23.4 Å². The van der Waals surface area contributed by atoms with Gasteiger partial charge in [-0.1, -0.05) is 18.5 Å². The summed E-state index contributed by atoms with van der Waals surface area (Å²) in [4.78, 5) is 35.8. The van der Waals surface area contributed by atoms with E-state index in [9.17, 15) is 14.4 Å². The molecule has 0 heterocycles. The molecule has 0 aliphatic rings. The van der Waals surface area contributed by atoms with Crippen molar-refractivity contribution in [3.63, 3.8) is 0 Å². The quantitative estimate of drug-likeness (QED) is 0.654. The van der Waals surface area contributed by atoms with Gasteiger partial charge in [-0.3, -0.25) is 14.4 Å². The molecule has 0 aromatic heterocycles. The van der Waals surface area contributed by atoms with Crippen LogP contribution in [0, 0.1) is 0 Å². The average Bonchev–Trinajstić information content (AvgIpc) is 2.59. The van der Waals surface area contributed by atoms with Crippen molar-refractivity contribution in [2.75, 3.05) is 24.4 Å². The van der Waals surface area contributed by atoms with Gasteiger partial charge in [0.15, 0.2) is 0 Å². The van der Waals surface area contributed by atoms with Crippen LogP contribution in [0.4, 0.5) is 5.69 Å². The molecule has 0 fully saturated rings. The summed E-state index contributed by atoms with van der Waals surface area (Å²) in [5, 5.41) is 8.23. The summed E-state index contributed by atoms with van der Waals surface area (Å²) in [6, 6.07) is 4.04. The van der Waals surface area contributed by atoms with E-state index in [-0.39, 0.29) is 23.3 Å². The van der Waals surface area contributed by atoms with Crippen LogP contribution in [0.1, 0.15) is 30.1 Å². The van der Waals surface area contributed by atoms with Crippen LogP contribution in [0.5, 0.6) is 0 Å². The molecular weight excluding hydrogens is 350 g/mol. The fraction of sp³-hybridized carbons (Fsp3) is 0.438. The van der Waals surface area contributed by atoms with Crippen LogP contribution in [0.3, 0.4) is 0 Å². The second-order valence-electron chi connectivity index (χ2n) is 5.02. The van der Waals surface area contributed by atoms with Crippen molar-refractivity contribution in [1.82, 2.24) is 10.6 Å². The molecule has 24 heavy (non-hydrogen) atoms. The number of hydrogen-bond donors (Lipinski definition) is 3. The third-order valence-electron chi connectivity index (χ3n) is 3.29. The first kappa shape index (κ1) is 20.3. The maximum absolute atomic E-state index is 12.4. The molecule has 3 N–H and O–H groups in total. The summed E-state index contributed by atoms with van der Waals surface area (Å²) in [6.45, 7) is 1.73. The Kier molecular flexibility index (Phi) is 8.63. The Balaban J connectivity index is 2.89. The molecule has 1 atom stereocenters. The summed E-state index contributed by atoms with van der Waals surface area (Å²) in [7, 11) is 1.50. The molecule has 0 aliphatic carbocycles. The molecule has 0 aliphatic heterocycles. The molecule has 6 nitrogen and oxygen atoms in total. The molecule has 1 aromatic carbocycles. The van der Waals surface area contributed by atoms with Crippen molar-refractivity contribution in [3.8, 4) is 0 Å². The molecule has 3 amide bonds. The van der Waals surface area contributed by atoms with E-state index < -0.39 is 6.04 Å². The van der Waals surface area contributed by atoms with Crippen LogP contribution in [0.25, 0.3) is 0 Å². The molecule has 1 rings (SSSR count). The number of carbonyl (C=O) groups is 3. The third-order valence-corrected chi connectivity index (χ3v) is 4.26. The zero-order valence-electron chi connectivity index (χ0n) is 13.9. The molecule has 8 heteroatoms. The van der Waals surface area contributed by atoms with Crippen LogP contribution in [0.15, 0.2) is 18.2 Å². The number of benzene rings is 1. The van der Waals surface area contributed by atoms with Gasteiger partial charge in [-0.15, -0.1) is 0 Å². The predicted molar refractivity (Wildman–Crippen MR) is 98.7 cm³/mol. The maximum Gasteiger partial charge on any atom is 0.252 e. The summed E-state index contributed by atoms with van der Waals surface area (Å²) in [6.07, 6.45) is 2.77. The lowest BCUT2D eigenvalue weighted by atomic mass is 10.1. The van der Waals surface area contributed by atoms with Crippen LogP contribution in [-0.2, 0) is 9.59 Å². The van der Waals surface area contributed by atoms with Gasteiger partial charge >= 0.3 is 0 Å². The van der Waals surface area contributed by atoms with Gasteiger partial charge in [0.05, 0.1) is 10.6 Å². The average molecular weight is 372 g/mol. The van der Waals surface area contributed by atoms with Crippen molar-refractivity contribution in [3.05, 3.63) is 28.8 Å². The number of thioether (sulfide) groups is 1. The Morgan fingerprint density at radius 2 is 2.00 bits per heavy atom. The summed E-state index contributed by atoms with van der Waals surface area (Å²) in [5.74, 6) is -0.101. The smallest absolute Gasteiger partial charge is 0.252 e. The highest BCUT2D eigenvalue weighted by Gasteiger charge is 2.20. The number of halogens is 1. The van der Waals surface area contributed by atoms with Crippen LogP contribution < -0.4 is 16.0 Å². The lowest BCUT2D eigenvalue weighted by Crippen LogP contribution is -2.44. The van der Waals surface area contributed by atoms with E-state index >= 15 is 0 Å². The Morgan fingerprint density at radius 1 is 1.29 bits per heavy atom. The van der Waals surface area contributed by atoms with Crippen molar-refractivity contribution in [1.29, 1.82) is 0 Å². The lowest BCUT2D eigenvalue weighted by molar-refractivity contribution is -0.126. The number of amides is 3. The van der Waals surface area contributed by atoms with Gasteiger partial charge in [0.1, 0.15) is 6.04 Å². The first-order chi connectivity index (χ1) is 11.4. The van der Waals surface area contributed by atoms with Crippen molar-refractivity contribution < 1.29 is 14.4 Å². The first-order valence-electron chi connectivity index (χ1n) is 7.53. The maximum atomic E-state index is 12.4. The normalized spacial score (nSPS) is 11.5. The monoisotopic (exact) mass is 371 g/mol. The number of carbonyl (C=O) groups excluding carboxylic acids is 3. The third kappa shape index (κ3) is 6.05. The number of rotatable bonds is 8. The second kappa shape index (κ2) is 10.2. The molecule has 1 unspecified atom stereocenters. The minimum atomic E-state index is -0.621. The molecule has 0 saturated carbocycles. The van der Waals surface area contributed by atoms with Crippen molar-refractivity contribution >= 4 is 46.8 Å². The second-order valence-corrected chi connectivity index (χ2v) is 6.41. The van der Waals surface area contributed by atoms with Gasteiger partial charge in [0.2, 0.25) is 11.8 Å². The van der Waals surface area contributed by atoms with E-state index in [1.54, 1.807) is 30.8 Å². The van der Waals surface area contributed by atoms with Crippen LogP contribution in [-0.4, -0.2) is 42.8 Å². The number of hydrogen-bond acceptors (Lipinski definition) is 4. The summed E-state index contributed by atoms with van der Waals surface area (Å²) in [5.41, 5.74) is 0.720. The van der Waals surface area contributed by atoms with Gasteiger partial charge in [0.25, 0.3) is 5.91 Å². The van der Waals surface area contributed by atoms with Gasteiger partial charge in [0, 0.05) is 19.2 Å². The van der Waals surface area contributed by atoms with Gasteiger partial charge in [-0.05, 0) is 36.6 Å². The number of nitrogens with one attached hydrogen (secondary N) is 3. The van der Waals surface area contributed by atoms with E-state index in [1.165, 1.54) is 13.1 Å². The van der Waals surface area contributed by atoms with Gasteiger partial charge < -0.3 is 16.0 Å². The molecule has 0 saturated heterocycles. The number of anilines is 1. The molecule has 0 radical (unpaired) electrons. The SMILES string of the molecule is CCC(=O)NC(CCSC)C(=O)Nc1ccc(Cl)c(C(=O)NC)c1. The van der Waals surface area contributed by atoms with Crippen LogP contribution in [0.2, 0.25) is 5.02 Å². The summed E-state index contributed by atoms with van der Waals surface area (Å²) < 4.78 is 0. The van der Waals surface area contributed by atoms with E-state index in [1.807, 2.05) is 6.26 Å². The minimum absolute atomic E-state index is 0.182. The van der Waals surface area contributed by atoms with E-state index in [0.717, 1.165) is 5.75 Å². The van der Waals surface area contributed by atoms with E-state index in [2.05, 4.69) is 16.0 Å². The Morgan fingerprint density at radius 3 is 2.58 bits per heavy atom. The Labute approximate surface area is 151 Å². The van der Waals surface area contributed by atoms with Crippen molar-refractivity contribution in [2.24, 2.45) is 0 Å². The zero-order chi connectivity index (χ0) is 18.1. The molecular formula is C16H22ClN3O3S. The largest absolute Gasteiger partial charge is 0.355 e. The molecule has 132 valence electrons. The van der Waals surface area contributed by atoms with E-state index in [0.29, 0.717) is 23.6 Å². The van der Waals surface area contributed by atoms with Gasteiger partial charge in [-0.25, -0.2) is 0 Å². The van der Waals surface area contributed by atoms with E-state index in [4.69, 9.17) is 11.6 Å². The fourth-order valence-corrected chi connectivity index (χ4v) is 2.62. The Bertz CT molecular complexity index is 610. The Hall–Kier alpha value is -1.73. The van der Waals surface area contributed by atoms with Gasteiger partial charge in [-0.2, -0.15) is 11.8 Å². The highest BCUT2D eigenvalue weighted by atomic mass is 35.5. The zero-order valence-corrected chi connectivity index (χ0v) is 15.5. The topological polar surface area (TPSA) is 87.3 Å². The molecule has 1 aromatic rings. The standard InChI is InChI=1S/C16H22ClN3O3S/c1-4-14(21)20-13(7-8-24-3)16(23)19-10-5-6-12(17)11(9-10)15(22)18-2/h5-6,9,13H,4,7-8H2,1-3H3,(H,18,22)(H,19,23)(H,20,21). The van der Waals surface area contributed by atoms with Crippen molar-refractivity contribution in [2.45, 2.75) is 25.8 Å². The molecule has 0 spiro atoms. The fourth-order valence-electron chi connectivity index (χ4n) is 1.94. The minimum Gasteiger partial charge on any atom is -0.355 e. The first-order valence-corrected chi connectivity index (χ1v) is 9.30.